The van der Waals surface area contributed by atoms with E-state index in [2.05, 4.69) is 14.6 Å². The number of hydrogen-bond donors (Lipinski definition) is 1. The van der Waals surface area contributed by atoms with Gasteiger partial charge in [0.25, 0.3) is 0 Å². The van der Waals surface area contributed by atoms with Gasteiger partial charge in [-0.25, -0.2) is 21.9 Å². The molecule has 9 heteroatoms. The van der Waals surface area contributed by atoms with Gasteiger partial charge in [0.15, 0.2) is 11.6 Å². The molecule has 3 aliphatic rings. The molecule has 3 heterocycles. The van der Waals surface area contributed by atoms with Crippen LogP contribution >= 0.6 is 0 Å². The highest BCUT2D eigenvalue weighted by Crippen LogP contribution is 2.43. The lowest BCUT2D eigenvalue weighted by atomic mass is 9.84. The van der Waals surface area contributed by atoms with Gasteiger partial charge in [0.1, 0.15) is 0 Å². The molecular weight excluding hydrogens is 496 g/mol. The first-order valence-electron chi connectivity index (χ1n) is 12.7. The molecule has 3 aromatic rings. The average molecular weight is 526 g/mol. The van der Waals surface area contributed by atoms with Crippen LogP contribution in [0, 0.1) is 11.6 Å². The number of nitrogens with zero attached hydrogens (tertiary/aromatic N) is 2. The smallest absolute Gasteiger partial charge is 0.215 e. The van der Waals surface area contributed by atoms with E-state index >= 15 is 0 Å². The van der Waals surface area contributed by atoms with Gasteiger partial charge < -0.3 is 4.74 Å². The lowest BCUT2D eigenvalue weighted by Gasteiger charge is -2.39. The summed E-state index contributed by atoms with van der Waals surface area (Å²) in [4.78, 5) is 6.69. The normalized spacial score (nSPS) is 20.2. The van der Waals surface area contributed by atoms with Gasteiger partial charge in [0, 0.05) is 37.6 Å². The Bertz CT molecular complexity index is 1400. The van der Waals surface area contributed by atoms with Gasteiger partial charge in [0.2, 0.25) is 10.0 Å². The molecule has 0 radical (unpaired) electrons. The number of halogens is 2. The van der Waals surface area contributed by atoms with Crippen LogP contribution in [0.25, 0.3) is 0 Å². The minimum atomic E-state index is -3.56. The van der Waals surface area contributed by atoms with Crippen LogP contribution in [-0.2, 0) is 33.5 Å². The molecule has 1 atom stereocenters. The third kappa shape index (κ3) is 4.93. The summed E-state index contributed by atoms with van der Waals surface area (Å²) < 4.78 is 62.0. The SMILES string of the molecule is O=S(=O)(NC(c1ccc(CN2CCC3(CC2)OCc2ccncc23)cc1)c1ccc(F)c(F)c1)C1CC1. The van der Waals surface area contributed by atoms with Crippen LogP contribution in [0.15, 0.2) is 60.9 Å². The molecule has 1 spiro atoms. The zero-order valence-electron chi connectivity index (χ0n) is 20.4. The van der Waals surface area contributed by atoms with Gasteiger partial charge in [-0.2, -0.15) is 0 Å². The molecule has 6 nitrogen and oxygen atoms in total. The molecule has 1 saturated heterocycles. The Morgan fingerprint density at radius 3 is 2.46 bits per heavy atom. The summed E-state index contributed by atoms with van der Waals surface area (Å²) in [6.45, 7) is 3.20. The molecule has 194 valence electrons. The van der Waals surface area contributed by atoms with Gasteiger partial charge in [0.05, 0.1) is 23.5 Å². The van der Waals surface area contributed by atoms with Gasteiger partial charge >= 0.3 is 0 Å². The maximum absolute atomic E-state index is 14.0. The first-order valence-corrected chi connectivity index (χ1v) is 14.2. The standard InChI is InChI=1S/C28H29F2N3O3S/c29-25-8-5-21(15-26(25)30)27(32-37(34,35)23-6-7-23)20-3-1-19(2-4-20)17-33-13-10-28(11-14-33)24-16-31-12-9-22(24)18-36-28/h1-5,8-9,12,15-16,23,27,32H,6-7,10-11,13-14,17-18H2. The molecule has 6 rings (SSSR count). The second kappa shape index (κ2) is 9.54. The quantitative estimate of drug-likeness (QED) is 0.490. The van der Waals surface area contributed by atoms with Crippen LogP contribution in [0.1, 0.15) is 59.5 Å². The van der Waals surface area contributed by atoms with Crippen LogP contribution in [0.3, 0.4) is 0 Å². The molecular formula is C28H29F2N3O3S. The van der Waals surface area contributed by atoms with Crippen LogP contribution < -0.4 is 4.72 Å². The summed E-state index contributed by atoms with van der Waals surface area (Å²) in [5, 5.41) is -0.423. The molecule has 2 aromatic carbocycles. The highest BCUT2D eigenvalue weighted by molar-refractivity contribution is 7.90. The number of hydrogen-bond acceptors (Lipinski definition) is 5. The second-order valence-electron chi connectivity index (χ2n) is 10.3. The zero-order valence-corrected chi connectivity index (χ0v) is 21.2. The van der Waals surface area contributed by atoms with Crippen molar-refractivity contribution in [3.05, 3.63) is 100 Å². The third-order valence-corrected chi connectivity index (χ3v) is 9.72. The number of sulfonamides is 1. The van der Waals surface area contributed by atoms with Crippen molar-refractivity contribution >= 4 is 10.0 Å². The Labute approximate surface area is 215 Å². The number of aromatic nitrogens is 1. The molecule has 0 amide bonds. The van der Waals surface area contributed by atoms with E-state index in [0.717, 1.165) is 50.2 Å². The number of nitrogens with one attached hydrogen (secondary N) is 1. The summed E-state index contributed by atoms with van der Waals surface area (Å²) in [6, 6.07) is 12.4. The van der Waals surface area contributed by atoms with Crippen molar-refractivity contribution in [3.8, 4) is 0 Å². The Morgan fingerprint density at radius 1 is 1.03 bits per heavy atom. The first kappa shape index (κ1) is 24.6. The third-order valence-electron chi connectivity index (χ3n) is 7.81. The van der Waals surface area contributed by atoms with Gasteiger partial charge in [-0.15, -0.1) is 0 Å². The summed E-state index contributed by atoms with van der Waals surface area (Å²) in [5.74, 6) is -1.97. The summed E-state index contributed by atoms with van der Waals surface area (Å²) in [6.07, 6.45) is 6.80. The first-order chi connectivity index (χ1) is 17.8. The monoisotopic (exact) mass is 525 g/mol. The number of likely N-dealkylation sites (tertiary alicyclic amines) is 1. The molecule has 2 fully saturated rings. The minimum Gasteiger partial charge on any atom is -0.365 e. The molecule has 1 aromatic heterocycles. The molecule has 1 unspecified atom stereocenters. The molecule has 1 aliphatic carbocycles. The highest BCUT2D eigenvalue weighted by atomic mass is 32.2. The van der Waals surface area contributed by atoms with Crippen molar-refractivity contribution in [1.29, 1.82) is 0 Å². The van der Waals surface area contributed by atoms with E-state index in [1.165, 1.54) is 17.2 Å². The van der Waals surface area contributed by atoms with Crippen molar-refractivity contribution in [3.63, 3.8) is 0 Å². The lowest BCUT2D eigenvalue weighted by molar-refractivity contribution is -0.0800. The highest BCUT2D eigenvalue weighted by Gasteiger charge is 2.42. The fourth-order valence-electron chi connectivity index (χ4n) is 5.47. The van der Waals surface area contributed by atoms with Gasteiger partial charge in [-0.1, -0.05) is 30.3 Å². The number of ether oxygens (including phenoxy) is 1. The van der Waals surface area contributed by atoms with E-state index in [0.29, 0.717) is 30.6 Å². The van der Waals surface area contributed by atoms with Crippen LogP contribution in [-0.4, -0.2) is 36.6 Å². The predicted molar refractivity (Wildman–Crippen MR) is 135 cm³/mol. The van der Waals surface area contributed by atoms with Gasteiger partial charge in [-0.3, -0.25) is 9.88 Å². The molecule has 37 heavy (non-hydrogen) atoms. The van der Waals surface area contributed by atoms with E-state index in [4.69, 9.17) is 4.74 Å². The van der Waals surface area contributed by atoms with E-state index in [1.54, 1.807) is 0 Å². The fraction of sp³-hybridized carbons (Fsp3) is 0.393. The predicted octanol–water partition coefficient (Wildman–Crippen LogP) is 4.55. The lowest BCUT2D eigenvalue weighted by Crippen LogP contribution is -2.42. The summed E-state index contributed by atoms with van der Waals surface area (Å²) in [5.41, 5.74) is 4.36. The number of pyridine rings is 1. The summed E-state index contributed by atoms with van der Waals surface area (Å²) >= 11 is 0. The van der Waals surface area contributed by atoms with Crippen LogP contribution in [0.2, 0.25) is 0 Å². The van der Waals surface area contributed by atoms with Crippen molar-refractivity contribution in [1.82, 2.24) is 14.6 Å². The number of fused-ring (bicyclic) bond motifs is 2. The van der Waals surface area contributed by atoms with Crippen molar-refractivity contribution in [2.75, 3.05) is 13.1 Å². The maximum atomic E-state index is 14.0. The number of rotatable bonds is 7. The Morgan fingerprint density at radius 2 is 1.76 bits per heavy atom. The maximum Gasteiger partial charge on any atom is 0.215 e. The van der Waals surface area contributed by atoms with E-state index in [9.17, 15) is 17.2 Å². The number of benzene rings is 2. The Balaban J connectivity index is 1.16. The summed E-state index contributed by atoms with van der Waals surface area (Å²) in [7, 11) is -3.56. The van der Waals surface area contributed by atoms with Crippen molar-refractivity contribution in [2.24, 2.45) is 0 Å². The second-order valence-corrected chi connectivity index (χ2v) is 12.3. The molecule has 1 N–H and O–H groups in total. The largest absolute Gasteiger partial charge is 0.365 e. The van der Waals surface area contributed by atoms with E-state index in [-0.39, 0.29) is 5.60 Å². The van der Waals surface area contributed by atoms with E-state index < -0.39 is 32.9 Å². The number of piperidine rings is 1. The molecule has 0 bridgehead atoms. The van der Waals surface area contributed by atoms with Crippen LogP contribution in [0.4, 0.5) is 8.78 Å². The topological polar surface area (TPSA) is 71.5 Å². The van der Waals surface area contributed by atoms with Crippen LogP contribution in [0.5, 0.6) is 0 Å². The van der Waals surface area contributed by atoms with Crippen molar-refractivity contribution in [2.45, 2.75) is 55.7 Å². The average Bonchev–Trinajstić information content (AvgIpc) is 3.71. The minimum absolute atomic E-state index is 0.236. The Kier molecular flexibility index (Phi) is 6.35. The molecule has 2 aliphatic heterocycles. The van der Waals surface area contributed by atoms with Crippen molar-refractivity contribution < 1.29 is 21.9 Å². The van der Waals surface area contributed by atoms with E-state index in [1.807, 2.05) is 42.7 Å². The fourth-order valence-corrected chi connectivity index (χ4v) is 7.02. The van der Waals surface area contributed by atoms with Gasteiger partial charge in [-0.05, 0) is 66.1 Å². The molecule has 1 saturated carbocycles. The zero-order chi connectivity index (χ0) is 25.6. The Hall–Kier alpha value is -2.72.